The summed E-state index contributed by atoms with van der Waals surface area (Å²) in [6.45, 7) is 0.138. The molecule has 0 spiro atoms. The molecular weight excluding hydrogens is 431 g/mol. The molecule has 1 aliphatic carbocycles. The second-order valence-electron chi connectivity index (χ2n) is 7.74. The summed E-state index contributed by atoms with van der Waals surface area (Å²) in [6.07, 6.45) is -5.94. The molecule has 1 N–H and O–H groups in total. The molecule has 2 aromatic rings. The van der Waals surface area contributed by atoms with E-state index in [4.69, 9.17) is 4.74 Å². The molecule has 30 heavy (non-hydrogen) atoms. The molecule has 0 saturated heterocycles. The van der Waals surface area contributed by atoms with Crippen molar-refractivity contribution in [3.8, 4) is 0 Å². The molecule has 164 valence electrons. The summed E-state index contributed by atoms with van der Waals surface area (Å²) in [6, 6.07) is 0.283. The Morgan fingerprint density at radius 3 is 2.53 bits per heavy atom. The largest absolute Gasteiger partial charge is 0.416 e. The summed E-state index contributed by atoms with van der Waals surface area (Å²) >= 11 is 1.12. The Bertz CT molecular complexity index is 1100. The number of nitrogens with one attached hydrogen (secondary N) is 1. The Hall–Kier alpha value is -1.88. The predicted octanol–water partition coefficient (Wildman–Crippen LogP) is 4.29. The van der Waals surface area contributed by atoms with Gasteiger partial charge in [0.2, 0.25) is 5.92 Å². The molecule has 2 heterocycles. The van der Waals surface area contributed by atoms with Crippen LogP contribution in [-0.2, 0) is 10.9 Å². The monoisotopic (exact) mass is 450 g/mol. The lowest BCUT2D eigenvalue weighted by Gasteiger charge is -2.34. The van der Waals surface area contributed by atoms with Crippen molar-refractivity contribution in [3.63, 3.8) is 0 Å². The zero-order valence-corrected chi connectivity index (χ0v) is 16.8. The van der Waals surface area contributed by atoms with Gasteiger partial charge in [0.25, 0.3) is 5.56 Å². The number of aromatic amines is 1. The highest BCUT2D eigenvalue weighted by Gasteiger charge is 2.43. The van der Waals surface area contributed by atoms with Crippen LogP contribution in [0.5, 0.6) is 0 Å². The first kappa shape index (κ1) is 21.4. The number of thioether (sulfide) groups is 1. The third-order valence-electron chi connectivity index (χ3n) is 5.79. The van der Waals surface area contributed by atoms with Crippen molar-refractivity contribution in [1.82, 2.24) is 9.55 Å². The van der Waals surface area contributed by atoms with E-state index in [0.717, 1.165) is 17.8 Å². The van der Waals surface area contributed by atoms with E-state index in [1.165, 1.54) is 11.7 Å². The summed E-state index contributed by atoms with van der Waals surface area (Å²) in [5.74, 6) is -3.35. The lowest BCUT2D eigenvalue weighted by atomic mass is 9.80. The van der Waals surface area contributed by atoms with Crippen molar-refractivity contribution < 1.29 is 26.7 Å². The molecule has 0 radical (unpaired) electrons. The fourth-order valence-corrected chi connectivity index (χ4v) is 5.81. The minimum absolute atomic E-state index is 0.0786. The number of hydrogen-bond donors (Lipinski definition) is 1. The number of halogens is 5. The van der Waals surface area contributed by atoms with Crippen molar-refractivity contribution >= 4 is 22.7 Å². The first-order valence-electron chi connectivity index (χ1n) is 9.45. The van der Waals surface area contributed by atoms with Crippen LogP contribution < -0.4 is 11.2 Å². The van der Waals surface area contributed by atoms with Gasteiger partial charge in [-0.1, -0.05) is 0 Å². The Morgan fingerprint density at radius 2 is 1.93 bits per heavy atom. The van der Waals surface area contributed by atoms with Crippen LogP contribution in [0.15, 0.2) is 20.6 Å². The van der Waals surface area contributed by atoms with Gasteiger partial charge in [0.1, 0.15) is 0 Å². The Balaban J connectivity index is 2.03. The van der Waals surface area contributed by atoms with Crippen LogP contribution in [0.4, 0.5) is 22.0 Å². The number of benzene rings is 1. The predicted molar refractivity (Wildman–Crippen MR) is 102 cm³/mol. The van der Waals surface area contributed by atoms with Crippen LogP contribution in [0.3, 0.4) is 0 Å². The van der Waals surface area contributed by atoms with Crippen molar-refractivity contribution in [1.29, 1.82) is 0 Å². The highest BCUT2D eigenvalue weighted by Crippen LogP contribution is 2.50. The molecule has 1 aromatic carbocycles. The fraction of sp³-hybridized carbons (Fsp3) is 0.579. The summed E-state index contributed by atoms with van der Waals surface area (Å²) in [4.78, 5) is 27.2. The number of rotatable bonds is 3. The van der Waals surface area contributed by atoms with Gasteiger partial charge in [0.05, 0.1) is 29.1 Å². The Labute approximate surface area is 171 Å². The van der Waals surface area contributed by atoms with Crippen LogP contribution >= 0.6 is 11.8 Å². The van der Waals surface area contributed by atoms with Gasteiger partial charge in [-0.25, -0.2) is 13.6 Å². The van der Waals surface area contributed by atoms with Crippen molar-refractivity contribution in [2.24, 2.45) is 0 Å². The van der Waals surface area contributed by atoms with Gasteiger partial charge in [-0.05, 0) is 30.4 Å². The standard InChI is InChI=1S/C19H19F5N2O3S/c1-29-7-10-8-30-15-13(9-2-4-18(20,21)5-3-9)12(19(22,23)24)6-11-14(15)26(10)17(28)25-16(11)27/h6,9-10H,2-5,7-8H2,1H3,(H,25,27,28). The third-order valence-corrected chi connectivity index (χ3v) is 7.05. The van der Waals surface area contributed by atoms with Crippen LogP contribution in [-0.4, -0.2) is 34.9 Å². The van der Waals surface area contributed by atoms with Crippen molar-refractivity contribution in [3.05, 3.63) is 38.0 Å². The zero-order chi connectivity index (χ0) is 21.8. The van der Waals surface area contributed by atoms with Gasteiger partial charge in [-0.3, -0.25) is 14.3 Å². The topological polar surface area (TPSA) is 64.1 Å². The smallest absolute Gasteiger partial charge is 0.383 e. The average Bonchev–Trinajstić information content (AvgIpc) is 2.65. The second-order valence-corrected chi connectivity index (χ2v) is 8.77. The van der Waals surface area contributed by atoms with Gasteiger partial charge in [0, 0.05) is 30.6 Å². The molecule has 1 fully saturated rings. The van der Waals surface area contributed by atoms with E-state index in [0.29, 0.717) is 0 Å². The number of alkyl halides is 5. The van der Waals surface area contributed by atoms with Crippen molar-refractivity contribution in [2.75, 3.05) is 19.5 Å². The minimum atomic E-state index is -4.77. The highest BCUT2D eigenvalue weighted by atomic mass is 32.2. The van der Waals surface area contributed by atoms with Gasteiger partial charge in [-0.2, -0.15) is 13.2 Å². The van der Waals surface area contributed by atoms with Gasteiger partial charge in [0.15, 0.2) is 0 Å². The molecule has 0 amide bonds. The minimum Gasteiger partial charge on any atom is -0.383 e. The number of hydrogen-bond acceptors (Lipinski definition) is 4. The maximum Gasteiger partial charge on any atom is 0.416 e. The first-order valence-corrected chi connectivity index (χ1v) is 10.4. The molecule has 2 aliphatic rings. The summed E-state index contributed by atoms with van der Waals surface area (Å²) in [7, 11) is 1.44. The molecule has 1 aromatic heterocycles. The Kier molecular flexibility index (Phi) is 5.24. The SMILES string of the molecule is COCC1CSc2c(C3CCC(F)(F)CC3)c(C(F)(F)F)cc3c(=O)[nH]c(=O)n1c23. The number of ether oxygens (including phenoxy) is 1. The second kappa shape index (κ2) is 7.37. The van der Waals surface area contributed by atoms with E-state index in [-0.39, 0.29) is 46.6 Å². The molecule has 1 unspecified atom stereocenters. The quantitative estimate of drug-likeness (QED) is 0.709. The first-order chi connectivity index (χ1) is 14.0. The van der Waals surface area contributed by atoms with E-state index >= 15 is 0 Å². The number of H-pyrrole nitrogens is 1. The average molecular weight is 450 g/mol. The number of aromatic nitrogens is 2. The fourth-order valence-electron chi connectivity index (χ4n) is 4.43. The van der Waals surface area contributed by atoms with Crippen LogP contribution in [0.25, 0.3) is 10.9 Å². The molecule has 5 nitrogen and oxygen atoms in total. The number of nitrogens with zero attached hydrogens (tertiary/aromatic N) is 1. The van der Waals surface area contributed by atoms with E-state index in [1.807, 2.05) is 0 Å². The van der Waals surface area contributed by atoms with E-state index < -0.39 is 53.7 Å². The summed E-state index contributed by atoms with van der Waals surface area (Å²) in [5.41, 5.74) is -2.57. The maximum absolute atomic E-state index is 14.0. The van der Waals surface area contributed by atoms with Crippen LogP contribution in [0, 0.1) is 0 Å². The normalized spacial score (nSPS) is 21.9. The molecule has 11 heteroatoms. The molecule has 1 saturated carbocycles. The lowest BCUT2D eigenvalue weighted by molar-refractivity contribution is -0.138. The summed E-state index contributed by atoms with van der Waals surface area (Å²) in [5, 5.41) is -0.241. The molecule has 0 bridgehead atoms. The van der Waals surface area contributed by atoms with Gasteiger partial charge >= 0.3 is 11.9 Å². The van der Waals surface area contributed by atoms with Gasteiger partial charge < -0.3 is 4.74 Å². The zero-order valence-electron chi connectivity index (χ0n) is 15.9. The van der Waals surface area contributed by atoms with E-state index in [1.54, 1.807) is 0 Å². The van der Waals surface area contributed by atoms with E-state index in [2.05, 4.69) is 4.98 Å². The summed E-state index contributed by atoms with van der Waals surface area (Å²) < 4.78 is 75.6. The highest BCUT2D eigenvalue weighted by molar-refractivity contribution is 7.99. The van der Waals surface area contributed by atoms with E-state index in [9.17, 15) is 31.5 Å². The number of methoxy groups -OCH3 is 1. The molecular formula is C19H19F5N2O3S. The van der Waals surface area contributed by atoms with Crippen molar-refractivity contribution in [2.45, 2.75) is 54.6 Å². The van der Waals surface area contributed by atoms with Crippen LogP contribution in [0.1, 0.15) is 48.8 Å². The van der Waals surface area contributed by atoms with Crippen LogP contribution in [0.2, 0.25) is 0 Å². The molecule has 4 rings (SSSR count). The lowest BCUT2D eigenvalue weighted by Crippen LogP contribution is -2.38. The molecule has 1 aliphatic heterocycles. The Morgan fingerprint density at radius 1 is 1.27 bits per heavy atom. The molecule has 1 atom stereocenters. The third kappa shape index (κ3) is 3.55. The maximum atomic E-state index is 14.0. The van der Waals surface area contributed by atoms with Gasteiger partial charge in [-0.15, -0.1) is 11.8 Å².